The van der Waals surface area contributed by atoms with Gasteiger partial charge in [-0.3, -0.25) is 9.59 Å². The van der Waals surface area contributed by atoms with Crippen LogP contribution in [0.25, 0.3) is 11.0 Å². The molecule has 1 aromatic heterocycles. The van der Waals surface area contributed by atoms with E-state index >= 15 is 0 Å². The first kappa shape index (κ1) is 20.9. The Morgan fingerprint density at radius 1 is 1.03 bits per heavy atom. The monoisotopic (exact) mass is 449 g/mol. The molecule has 2 aliphatic heterocycles. The van der Waals surface area contributed by atoms with Gasteiger partial charge in [0.15, 0.2) is 5.78 Å². The van der Waals surface area contributed by atoms with E-state index in [0.29, 0.717) is 54.3 Å². The van der Waals surface area contributed by atoms with Gasteiger partial charge in [-0.25, -0.2) is 9.97 Å². The number of carbonyl (C=O) groups is 2. The number of rotatable bonds is 1. The zero-order valence-corrected chi connectivity index (χ0v) is 19.1. The first-order valence-electron chi connectivity index (χ1n) is 10.8. The third-order valence-corrected chi connectivity index (χ3v) is 6.84. The molecule has 2 aliphatic rings. The number of piperidine rings is 1. The second kappa shape index (κ2) is 7.55. The summed E-state index contributed by atoms with van der Waals surface area (Å²) >= 11 is 6.13. The molecule has 32 heavy (non-hydrogen) atoms. The van der Waals surface area contributed by atoms with Gasteiger partial charge in [-0.2, -0.15) is 0 Å². The lowest BCUT2D eigenvalue weighted by atomic mass is 9.82. The Morgan fingerprint density at radius 3 is 2.44 bits per heavy atom. The van der Waals surface area contributed by atoms with Gasteiger partial charge in [0.25, 0.3) is 5.91 Å². The summed E-state index contributed by atoms with van der Waals surface area (Å²) in [5, 5.41) is 0.542. The molecular formula is C25H24ClN3O3. The molecule has 0 saturated carbocycles. The lowest BCUT2D eigenvalue weighted by Gasteiger charge is -2.44. The number of ketones is 1. The minimum absolute atomic E-state index is 0.0349. The van der Waals surface area contributed by atoms with Gasteiger partial charge >= 0.3 is 0 Å². The Labute approximate surface area is 191 Å². The minimum atomic E-state index is -0.567. The molecule has 0 N–H and O–H groups in total. The van der Waals surface area contributed by atoms with E-state index in [0.717, 1.165) is 28.0 Å². The van der Waals surface area contributed by atoms with Crippen LogP contribution in [0.1, 0.15) is 56.9 Å². The number of aryl methyl sites for hydroxylation is 3. The van der Waals surface area contributed by atoms with Crippen molar-refractivity contribution in [2.45, 2.75) is 45.6 Å². The van der Waals surface area contributed by atoms with Crippen molar-refractivity contribution in [2.24, 2.45) is 0 Å². The summed E-state index contributed by atoms with van der Waals surface area (Å²) in [6, 6.07) is 8.97. The first-order valence-corrected chi connectivity index (χ1v) is 11.2. The molecule has 3 heterocycles. The van der Waals surface area contributed by atoms with Gasteiger partial charge in [-0.15, -0.1) is 0 Å². The fourth-order valence-corrected chi connectivity index (χ4v) is 4.93. The summed E-state index contributed by atoms with van der Waals surface area (Å²) in [5.41, 5.74) is 4.70. The fourth-order valence-electron chi connectivity index (χ4n) is 4.66. The topological polar surface area (TPSA) is 72.4 Å². The third-order valence-electron chi connectivity index (χ3n) is 6.63. The summed E-state index contributed by atoms with van der Waals surface area (Å²) in [6.07, 6.45) is 1.53. The van der Waals surface area contributed by atoms with Crippen LogP contribution < -0.4 is 4.74 Å². The van der Waals surface area contributed by atoms with Gasteiger partial charge in [0.2, 0.25) is 0 Å². The number of Topliss-reactive ketones (excluding diaryl/α,β-unsaturated/α-hetero) is 1. The molecule has 3 aromatic rings. The second-order valence-corrected chi connectivity index (χ2v) is 9.31. The van der Waals surface area contributed by atoms with Crippen LogP contribution in [0, 0.1) is 20.8 Å². The highest BCUT2D eigenvalue weighted by Crippen LogP contribution is 2.42. The zero-order chi connectivity index (χ0) is 22.6. The highest BCUT2D eigenvalue weighted by molar-refractivity contribution is 6.31. The Hall–Kier alpha value is -2.99. The molecule has 0 bridgehead atoms. The molecule has 5 rings (SSSR count). The van der Waals surface area contributed by atoms with Gasteiger partial charge in [0, 0.05) is 36.5 Å². The highest BCUT2D eigenvalue weighted by Gasteiger charge is 2.44. The lowest BCUT2D eigenvalue weighted by Crippen LogP contribution is -2.52. The maximum Gasteiger partial charge on any atom is 0.253 e. The van der Waals surface area contributed by atoms with Crippen molar-refractivity contribution in [3.8, 4) is 5.75 Å². The minimum Gasteiger partial charge on any atom is -0.486 e. The number of carbonyl (C=O) groups excluding carboxylic acids is 2. The van der Waals surface area contributed by atoms with E-state index in [-0.39, 0.29) is 11.7 Å². The van der Waals surface area contributed by atoms with E-state index in [4.69, 9.17) is 16.3 Å². The van der Waals surface area contributed by atoms with Crippen LogP contribution in [-0.4, -0.2) is 45.2 Å². The number of amides is 1. The number of benzene rings is 2. The van der Waals surface area contributed by atoms with Crippen LogP contribution in [-0.2, 0) is 0 Å². The highest BCUT2D eigenvalue weighted by atomic mass is 35.5. The molecular weight excluding hydrogens is 426 g/mol. The number of halogens is 1. The van der Waals surface area contributed by atoms with Crippen LogP contribution in [0.15, 0.2) is 30.3 Å². The van der Waals surface area contributed by atoms with Crippen molar-refractivity contribution in [1.29, 1.82) is 0 Å². The van der Waals surface area contributed by atoms with E-state index in [2.05, 4.69) is 9.97 Å². The number of nitrogens with zero attached hydrogens (tertiary/aromatic N) is 3. The quantitative estimate of drug-likeness (QED) is 0.531. The van der Waals surface area contributed by atoms with Crippen molar-refractivity contribution in [2.75, 3.05) is 13.1 Å². The van der Waals surface area contributed by atoms with Crippen molar-refractivity contribution in [1.82, 2.24) is 14.9 Å². The molecule has 0 unspecified atom stereocenters. The molecule has 164 valence electrons. The average Bonchev–Trinajstić information content (AvgIpc) is 2.75. The largest absolute Gasteiger partial charge is 0.486 e. The van der Waals surface area contributed by atoms with Gasteiger partial charge in [-0.1, -0.05) is 11.6 Å². The predicted octanol–water partition coefficient (Wildman–Crippen LogP) is 4.85. The maximum absolute atomic E-state index is 13.2. The normalized spacial score (nSPS) is 17.4. The SMILES string of the molecule is Cc1cc(Cl)cc2c1OC1(CCN(C(=O)c3ccc4nc(C)c(C)nc4c3)CC1)CC2=O. The molecule has 1 spiro atoms. The van der Waals surface area contributed by atoms with E-state index < -0.39 is 5.60 Å². The van der Waals surface area contributed by atoms with Crippen molar-refractivity contribution in [3.05, 3.63) is 63.4 Å². The molecule has 0 aliphatic carbocycles. The summed E-state index contributed by atoms with van der Waals surface area (Å²) in [5.74, 6) is 0.645. The molecule has 6 nitrogen and oxygen atoms in total. The van der Waals surface area contributed by atoms with E-state index in [1.54, 1.807) is 6.07 Å². The molecule has 2 aromatic carbocycles. The van der Waals surface area contributed by atoms with E-state index in [9.17, 15) is 9.59 Å². The number of likely N-dealkylation sites (tertiary alicyclic amines) is 1. The molecule has 7 heteroatoms. The number of fused-ring (bicyclic) bond motifs is 2. The van der Waals surface area contributed by atoms with Crippen LogP contribution in [0.3, 0.4) is 0 Å². The Bertz CT molecular complexity index is 1280. The van der Waals surface area contributed by atoms with Gasteiger partial charge in [-0.05, 0) is 56.7 Å². The van der Waals surface area contributed by atoms with Crippen molar-refractivity contribution < 1.29 is 14.3 Å². The molecule has 1 saturated heterocycles. The standard InChI is InChI=1S/C25H24ClN3O3/c1-14-10-18(26)12-19-22(30)13-25(32-23(14)19)6-8-29(9-7-25)24(31)17-4-5-20-21(11-17)28-16(3)15(2)27-20/h4-5,10-12H,6-9,13H2,1-3H3. The van der Waals surface area contributed by atoms with Crippen LogP contribution in [0.4, 0.5) is 0 Å². The van der Waals surface area contributed by atoms with Crippen LogP contribution in [0.2, 0.25) is 5.02 Å². The zero-order valence-electron chi connectivity index (χ0n) is 18.4. The van der Waals surface area contributed by atoms with Crippen LogP contribution in [0.5, 0.6) is 5.75 Å². The van der Waals surface area contributed by atoms with Crippen LogP contribution >= 0.6 is 11.6 Å². The van der Waals surface area contributed by atoms with Crippen molar-refractivity contribution >= 4 is 34.3 Å². The summed E-state index contributed by atoms with van der Waals surface area (Å²) in [4.78, 5) is 37.0. The van der Waals surface area contributed by atoms with E-state index in [1.807, 2.05) is 49.9 Å². The first-order chi connectivity index (χ1) is 15.2. The van der Waals surface area contributed by atoms with Gasteiger partial charge < -0.3 is 9.64 Å². The summed E-state index contributed by atoms with van der Waals surface area (Å²) in [7, 11) is 0. The number of aromatic nitrogens is 2. The molecule has 0 radical (unpaired) electrons. The Morgan fingerprint density at radius 2 is 1.72 bits per heavy atom. The smallest absolute Gasteiger partial charge is 0.253 e. The van der Waals surface area contributed by atoms with Crippen molar-refractivity contribution in [3.63, 3.8) is 0 Å². The van der Waals surface area contributed by atoms with E-state index in [1.165, 1.54) is 0 Å². The Kier molecular flexibility index (Phi) is 4.93. The Balaban J connectivity index is 1.34. The maximum atomic E-state index is 13.2. The fraction of sp³-hybridized carbons (Fsp3) is 0.360. The summed E-state index contributed by atoms with van der Waals surface area (Å²) < 4.78 is 6.40. The molecule has 1 amide bonds. The second-order valence-electron chi connectivity index (χ2n) is 8.87. The number of hydrogen-bond acceptors (Lipinski definition) is 5. The number of hydrogen-bond donors (Lipinski definition) is 0. The average molecular weight is 450 g/mol. The van der Waals surface area contributed by atoms with Gasteiger partial charge in [0.05, 0.1) is 34.4 Å². The number of ether oxygens (including phenoxy) is 1. The predicted molar refractivity (Wildman–Crippen MR) is 123 cm³/mol. The molecule has 1 fully saturated rings. The molecule has 0 atom stereocenters. The third kappa shape index (κ3) is 3.52. The summed E-state index contributed by atoms with van der Waals surface area (Å²) in [6.45, 7) is 6.81. The van der Waals surface area contributed by atoms with Gasteiger partial charge in [0.1, 0.15) is 11.4 Å². The lowest BCUT2D eigenvalue weighted by molar-refractivity contribution is -0.00616.